The molecule has 3 rings (SSSR count). The van der Waals surface area contributed by atoms with Crippen molar-refractivity contribution in [3.05, 3.63) is 59.2 Å². The van der Waals surface area contributed by atoms with E-state index in [-0.39, 0.29) is 21.9 Å². The Kier molecular flexibility index (Phi) is 5.42. The third kappa shape index (κ3) is 3.60. The quantitative estimate of drug-likeness (QED) is 0.800. The molecule has 0 spiro atoms. The van der Waals surface area contributed by atoms with Crippen LogP contribution < -0.4 is 10.1 Å². The van der Waals surface area contributed by atoms with E-state index < -0.39 is 22.0 Å². The Morgan fingerprint density at radius 2 is 1.82 bits per heavy atom. The lowest BCUT2D eigenvalue weighted by Crippen LogP contribution is -2.36. The number of nitrogens with one attached hydrogen (secondary N) is 1. The fourth-order valence-corrected chi connectivity index (χ4v) is 4.91. The van der Waals surface area contributed by atoms with Gasteiger partial charge in [-0.3, -0.25) is 9.59 Å². The summed E-state index contributed by atoms with van der Waals surface area (Å²) in [5.74, 6) is -0.185. The third-order valence-corrected chi connectivity index (χ3v) is 6.54. The van der Waals surface area contributed by atoms with E-state index >= 15 is 0 Å². The number of carbonyl (C=O) groups excluding carboxylic acids is 2. The predicted octanol–water partition coefficient (Wildman–Crippen LogP) is 2.22. The highest BCUT2D eigenvalue weighted by Gasteiger charge is 2.42. The van der Waals surface area contributed by atoms with Crippen LogP contribution in [-0.4, -0.2) is 44.2 Å². The smallest absolute Gasteiger partial charge is 0.269 e. The van der Waals surface area contributed by atoms with Crippen LogP contribution in [0.15, 0.2) is 47.4 Å². The molecule has 2 amide bonds. The summed E-state index contributed by atoms with van der Waals surface area (Å²) in [4.78, 5) is 24.6. The molecule has 0 aliphatic carbocycles. The van der Waals surface area contributed by atoms with Gasteiger partial charge in [0.1, 0.15) is 10.6 Å². The maximum atomic E-state index is 12.6. The van der Waals surface area contributed by atoms with Gasteiger partial charge in [-0.05, 0) is 56.2 Å². The minimum absolute atomic E-state index is 0.100. The van der Waals surface area contributed by atoms with Crippen LogP contribution >= 0.6 is 0 Å². The molecule has 28 heavy (non-hydrogen) atoms. The van der Waals surface area contributed by atoms with Crippen molar-refractivity contribution in [2.24, 2.45) is 0 Å². The molecule has 0 bridgehead atoms. The molecule has 2 aromatic carbocycles. The average molecular weight is 402 g/mol. The molecular weight excluding hydrogens is 380 g/mol. The Bertz CT molecular complexity index is 1010. The standard InChI is InChI=1S/C20H22N2O5S/c1-13(2)22-20(24)17-9-6-15(12-18(17)28(22,25)26)19(23)21-11-10-14-4-7-16(27-3)8-5-14/h4-9,12-13H,10-11H2,1-3H3,(H,21,23). The number of methoxy groups -OCH3 is 1. The molecule has 0 aromatic heterocycles. The molecule has 0 atom stereocenters. The zero-order valence-electron chi connectivity index (χ0n) is 15.9. The van der Waals surface area contributed by atoms with Gasteiger partial charge >= 0.3 is 0 Å². The van der Waals surface area contributed by atoms with Gasteiger partial charge in [-0.15, -0.1) is 0 Å². The van der Waals surface area contributed by atoms with Gasteiger partial charge < -0.3 is 10.1 Å². The Hall–Kier alpha value is -2.87. The predicted molar refractivity (Wildman–Crippen MR) is 104 cm³/mol. The molecular formula is C20H22N2O5S. The molecule has 1 heterocycles. The second kappa shape index (κ2) is 7.63. The van der Waals surface area contributed by atoms with Gasteiger partial charge in [0, 0.05) is 18.2 Å². The molecule has 1 aliphatic rings. The van der Waals surface area contributed by atoms with Crippen LogP contribution in [0, 0.1) is 0 Å². The molecule has 1 aliphatic heterocycles. The lowest BCUT2D eigenvalue weighted by Gasteiger charge is -2.18. The zero-order chi connectivity index (χ0) is 20.5. The Morgan fingerprint density at radius 3 is 2.43 bits per heavy atom. The lowest BCUT2D eigenvalue weighted by molar-refractivity contribution is 0.0845. The fraction of sp³-hybridized carbons (Fsp3) is 0.300. The van der Waals surface area contributed by atoms with Crippen molar-refractivity contribution in [2.45, 2.75) is 31.2 Å². The number of nitrogens with zero attached hydrogens (tertiary/aromatic N) is 1. The number of ether oxygens (including phenoxy) is 1. The van der Waals surface area contributed by atoms with Gasteiger partial charge in [0.25, 0.3) is 21.8 Å². The van der Waals surface area contributed by atoms with Crippen LogP contribution in [-0.2, 0) is 16.4 Å². The van der Waals surface area contributed by atoms with Crippen LogP contribution in [0.4, 0.5) is 0 Å². The summed E-state index contributed by atoms with van der Waals surface area (Å²) in [6, 6.07) is 11.2. The zero-order valence-corrected chi connectivity index (χ0v) is 16.7. The number of rotatable bonds is 6. The van der Waals surface area contributed by atoms with Crippen LogP contribution in [0.2, 0.25) is 0 Å². The van der Waals surface area contributed by atoms with Crippen LogP contribution in [0.1, 0.15) is 40.1 Å². The fourth-order valence-electron chi connectivity index (χ4n) is 3.11. The number of fused-ring (bicyclic) bond motifs is 1. The van der Waals surface area contributed by atoms with Gasteiger partial charge in [0.15, 0.2) is 0 Å². The van der Waals surface area contributed by atoms with E-state index in [4.69, 9.17) is 4.74 Å². The highest BCUT2D eigenvalue weighted by molar-refractivity contribution is 7.90. The molecule has 0 unspecified atom stereocenters. The molecule has 0 radical (unpaired) electrons. The minimum Gasteiger partial charge on any atom is -0.497 e. The summed E-state index contributed by atoms with van der Waals surface area (Å²) in [5, 5.41) is 2.78. The summed E-state index contributed by atoms with van der Waals surface area (Å²) in [6.45, 7) is 3.66. The number of benzene rings is 2. The summed E-state index contributed by atoms with van der Waals surface area (Å²) >= 11 is 0. The van der Waals surface area contributed by atoms with E-state index in [1.807, 2.05) is 24.3 Å². The Morgan fingerprint density at radius 1 is 1.14 bits per heavy atom. The van der Waals surface area contributed by atoms with E-state index in [0.717, 1.165) is 15.6 Å². The van der Waals surface area contributed by atoms with Gasteiger partial charge in [0.05, 0.1) is 12.7 Å². The summed E-state index contributed by atoms with van der Waals surface area (Å²) in [5.41, 5.74) is 1.34. The normalized spacial score (nSPS) is 14.9. The number of hydrogen-bond donors (Lipinski definition) is 1. The Labute approximate surface area is 164 Å². The van der Waals surface area contributed by atoms with E-state index in [9.17, 15) is 18.0 Å². The lowest BCUT2D eigenvalue weighted by atomic mass is 10.1. The van der Waals surface area contributed by atoms with Crippen molar-refractivity contribution >= 4 is 21.8 Å². The first-order valence-electron chi connectivity index (χ1n) is 8.89. The molecule has 0 fully saturated rings. The summed E-state index contributed by atoms with van der Waals surface area (Å²) in [7, 11) is -2.33. The van der Waals surface area contributed by atoms with Crippen molar-refractivity contribution in [2.75, 3.05) is 13.7 Å². The molecule has 8 heteroatoms. The topological polar surface area (TPSA) is 92.8 Å². The van der Waals surface area contributed by atoms with Crippen LogP contribution in [0.25, 0.3) is 0 Å². The highest BCUT2D eigenvalue weighted by Crippen LogP contribution is 2.32. The molecule has 0 saturated carbocycles. The van der Waals surface area contributed by atoms with Gasteiger partial charge in [-0.25, -0.2) is 12.7 Å². The summed E-state index contributed by atoms with van der Waals surface area (Å²) in [6.07, 6.45) is 0.624. The number of carbonyl (C=O) groups is 2. The van der Waals surface area contributed by atoms with Crippen molar-refractivity contribution in [3.8, 4) is 5.75 Å². The van der Waals surface area contributed by atoms with E-state index in [0.29, 0.717) is 13.0 Å². The van der Waals surface area contributed by atoms with E-state index in [1.54, 1.807) is 21.0 Å². The Balaban J connectivity index is 1.71. The average Bonchev–Trinajstić information content (AvgIpc) is 2.87. The van der Waals surface area contributed by atoms with Gasteiger partial charge in [0.2, 0.25) is 0 Å². The van der Waals surface area contributed by atoms with Gasteiger partial charge in [-0.1, -0.05) is 12.1 Å². The number of amides is 2. The van der Waals surface area contributed by atoms with Crippen molar-refractivity contribution in [1.82, 2.24) is 9.62 Å². The third-order valence-electron chi connectivity index (χ3n) is 4.54. The molecule has 1 N–H and O–H groups in total. The number of sulfonamides is 1. The minimum atomic E-state index is -3.93. The maximum Gasteiger partial charge on any atom is 0.269 e. The maximum absolute atomic E-state index is 12.6. The molecule has 0 saturated heterocycles. The van der Waals surface area contributed by atoms with Crippen LogP contribution in [0.5, 0.6) is 5.75 Å². The second-order valence-corrected chi connectivity index (χ2v) is 8.55. The highest BCUT2D eigenvalue weighted by atomic mass is 32.2. The monoisotopic (exact) mass is 402 g/mol. The van der Waals surface area contributed by atoms with Crippen molar-refractivity contribution in [3.63, 3.8) is 0 Å². The first-order chi connectivity index (χ1) is 13.3. The second-order valence-electron chi connectivity index (χ2n) is 6.76. The summed E-state index contributed by atoms with van der Waals surface area (Å²) < 4.78 is 31.2. The largest absolute Gasteiger partial charge is 0.497 e. The van der Waals surface area contributed by atoms with Crippen LogP contribution in [0.3, 0.4) is 0 Å². The SMILES string of the molecule is COc1ccc(CCNC(=O)c2ccc3c(c2)S(=O)(=O)N(C(C)C)C3=O)cc1. The first kappa shape index (κ1) is 19.9. The molecule has 148 valence electrons. The molecule has 7 nitrogen and oxygen atoms in total. The van der Waals surface area contributed by atoms with Crippen molar-refractivity contribution < 1.29 is 22.7 Å². The molecule has 2 aromatic rings. The first-order valence-corrected chi connectivity index (χ1v) is 10.3. The van der Waals surface area contributed by atoms with E-state index in [2.05, 4.69) is 5.32 Å². The van der Waals surface area contributed by atoms with Gasteiger partial charge in [-0.2, -0.15) is 0 Å². The van der Waals surface area contributed by atoms with Crippen molar-refractivity contribution in [1.29, 1.82) is 0 Å². The number of hydrogen-bond acceptors (Lipinski definition) is 5. The van der Waals surface area contributed by atoms with E-state index in [1.165, 1.54) is 18.2 Å².